The number of hydrogen-bond acceptors (Lipinski definition) is 9. The van der Waals surface area contributed by atoms with Crippen molar-refractivity contribution in [3.05, 3.63) is 65.6 Å². The van der Waals surface area contributed by atoms with Gasteiger partial charge in [-0.15, -0.1) is 22.7 Å². The summed E-state index contributed by atoms with van der Waals surface area (Å²) >= 11 is 3.20. The summed E-state index contributed by atoms with van der Waals surface area (Å²) in [5.74, 6) is 3.21. The van der Waals surface area contributed by atoms with E-state index in [1.807, 2.05) is 65.6 Å². The molecule has 5 aromatic rings. The first kappa shape index (κ1) is 21.3. The maximum absolute atomic E-state index is 5.81. The monoisotopic (exact) mass is 513 g/mol. The normalized spacial score (nSPS) is 14.0. The molecule has 5 aromatic heterocycles. The van der Waals surface area contributed by atoms with Crippen molar-refractivity contribution in [1.29, 1.82) is 0 Å². The van der Waals surface area contributed by atoms with Gasteiger partial charge >= 0.3 is 0 Å². The molecule has 7 nitrogen and oxygen atoms in total. The molecule has 0 bridgehead atoms. The Morgan fingerprint density at radius 3 is 1.53 bits per heavy atom. The number of aromatic nitrogens is 3. The fraction of sp³-hybridized carbons (Fsp3) is 0.148. The Balaban J connectivity index is 1.14. The number of ether oxygens (including phenoxy) is 4. The van der Waals surface area contributed by atoms with E-state index in [2.05, 4.69) is 9.97 Å². The van der Waals surface area contributed by atoms with Gasteiger partial charge in [-0.25, -0.2) is 4.98 Å². The summed E-state index contributed by atoms with van der Waals surface area (Å²) in [5.41, 5.74) is 5.15. The molecule has 0 aliphatic carbocycles. The molecule has 0 aromatic carbocycles. The molecular formula is C27H19N3O4S2. The Kier molecular flexibility index (Phi) is 5.29. The van der Waals surface area contributed by atoms with Crippen molar-refractivity contribution in [3.63, 3.8) is 0 Å². The summed E-state index contributed by atoms with van der Waals surface area (Å²) in [4.78, 5) is 16.2. The third-order valence-electron chi connectivity index (χ3n) is 5.93. The fourth-order valence-electron chi connectivity index (χ4n) is 4.20. The Morgan fingerprint density at radius 1 is 0.556 bits per heavy atom. The Morgan fingerprint density at radius 2 is 1.06 bits per heavy atom. The van der Waals surface area contributed by atoms with Gasteiger partial charge in [0.25, 0.3) is 0 Å². The highest BCUT2D eigenvalue weighted by Crippen LogP contribution is 2.46. The largest absolute Gasteiger partial charge is 0.485 e. The second-order valence-electron chi connectivity index (χ2n) is 8.18. The fourth-order valence-corrected chi connectivity index (χ4v) is 6.05. The van der Waals surface area contributed by atoms with Crippen molar-refractivity contribution in [1.82, 2.24) is 15.0 Å². The van der Waals surface area contributed by atoms with Gasteiger partial charge in [-0.05, 0) is 36.4 Å². The standard InChI is InChI=1S/C27H19N3O4S2/c1-2-20(18-6-4-16(12-28-18)26-24-22(14-35-26)31-8-10-33-24)30-21(3-1)19-7-5-17(13-29-19)27-25-23(15-36-27)32-9-11-34-25/h1-7,12-15H,8-11H2. The first-order valence-electron chi connectivity index (χ1n) is 11.5. The molecule has 0 N–H and O–H groups in total. The number of thiophene rings is 2. The van der Waals surface area contributed by atoms with E-state index in [0.717, 1.165) is 66.7 Å². The Labute approximate surface area is 215 Å². The summed E-state index contributed by atoms with van der Waals surface area (Å²) < 4.78 is 23.0. The van der Waals surface area contributed by atoms with Crippen LogP contribution in [0.4, 0.5) is 0 Å². The van der Waals surface area contributed by atoms with Crippen LogP contribution >= 0.6 is 22.7 Å². The molecule has 7 heterocycles. The summed E-state index contributed by atoms with van der Waals surface area (Å²) in [7, 11) is 0. The zero-order valence-electron chi connectivity index (χ0n) is 19.0. The minimum absolute atomic E-state index is 0.561. The van der Waals surface area contributed by atoms with E-state index < -0.39 is 0 Å². The molecule has 0 unspecified atom stereocenters. The summed E-state index contributed by atoms with van der Waals surface area (Å²) in [6.07, 6.45) is 3.71. The lowest BCUT2D eigenvalue weighted by Gasteiger charge is -2.16. The van der Waals surface area contributed by atoms with Crippen LogP contribution in [-0.2, 0) is 0 Å². The van der Waals surface area contributed by atoms with Crippen LogP contribution in [0.1, 0.15) is 0 Å². The molecule has 7 rings (SSSR count). The van der Waals surface area contributed by atoms with Gasteiger partial charge in [0, 0.05) is 34.3 Å². The van der Waals surface area contributed by atoms with Crippen molar-refractivity contribution in [3.8, 4) is 66.7 Å². The number of nitrogens with zero attached hydrogens (tertiary/aromatic N) is 3. The third kappa shape index (κ3) is 3.77. The number of fused-ring (bicyclic) bond motifs is 2. The van der Waals surface area contributed by atoms with Crippen LogP contribution in [0.3, 0.4) is 0 Å². The van der Waals surface area contributed by atoms with Gasteiger partial charge in [-0.2, -0.15) is 0 Å². The number of hydrogen-bond donors (Lipinski definition) is 0. The molecular weight excluding hydrogens is 494 g/mol. The highest BCUT2D eigenvalue weighted by Gasteiger charge is 2.21. The molecule has 9 heteroatoms. The second-order valence-corrected chi connectivity index (χ2v) is 9.94. The first-order chi connectivity index (χ1) is 17.8. The molecule has 2 aliphatic heterocycles. The summed E-state index contributed by atoms with van der Waals surface area (Å²) in [6.45, 7) is 2.29. The minimum atomic E-state index is 0.561. The van der Waals surface area contributed by atoms with Gasteiger partial charge in [0.15, 0.2) is 23.0 Å². The van der Waals surface area contributed by atoms with E-state index >= 15 is 0 Å². The zero-order valence-corrected chi connectivity index (χ0v) is 20.6. The van der Waals surface area contributed by atoms with E-state index in [4.69, 9.17) is 23.9 Å². The SMILES string of the molecule is c1cc(-c2ccc(-c3scc4c3OCCO4)cn2)nc(-c2ccc(-c3scc4c3OCCO4)cn2)c1. The zero-order chi connectivity index (χ0) is 23.9. The van der Waals surface area contributed by atoms with E-state index in [0.29, 0.717) is 26.4 Å². The van der Waals surface area contributed by atoms with Crippen LogP contribution in [0, 0.1) is 0 Å². The molecule has 0 saturated carbocycles. The van der Waals surface area contributed by atoms with Crippen molar-refractivity contribution in [2.24, 2.45) is 0 Å². The van der Waals surface area contributed by atoms with E-state index in [9.17, 15) is 0 Å². The molecule has 0 atom stereocenters. The van der Waals surface area contributed by atoms with Gasteiger partial charge in [0.1, 0.15) is 26.4 Å². The summed E-state index contributed by atoms with van der Waals surface area (Å²) in [5, 5.41) is 3.96. The topological polar surface area (TPSA) is 75.6 Å². The molecule has 178 valence electrons. The number of rotatable bonds is 4. The van der Waals surface area contributed by atoms with Crippen molar-refractivity contribution in [2.75, 3.05) is 26.4 Å². The maximum atomic E-state index is 5.81. The van der Waals surface area contributed by atoms with Crippen LogP contribution < -0.4 is 18.9 Å². The van der Waals surface area contributed by atoms with Crippen molar-refractivity contribution >= 4 is 22.7 Å². The summed E-state index contributed by atoms with van der Waals surface area (Å²) in [6, 6.07) is 13.9. The van der Waals surface area contributed by atoms with Crippen LogP contribution in [0.15, 0.2) is 65.6 Å². The average Bonchev–Trinajstić information content (AvgIpc) is 3.58. The predicted molar refractivity (Wildman–Crippen MR) is 139 cm³/mol. The van der Waals surface area contributed by atoms with E-state index in [-0.39, 0.29) is 0 Å². The minimum Gasteiger partial charge on any atom is -0.485 e. The average molecular weight is 514 g/mol. The second kappa shape index (κ2) is 8.92. The molecule has 0 saturated heterocycles. The lowest BCUT2D eigenvalue weighted by Crippen LogP contribution is -2.14. The number of pyridine rings is 3. The van der Waals surface area contributed by atoms with Gasteiger partial charge < -0.3 is 18.9 Å². The molecule has 36 heavy (non-hydrogen) atoms. The smallest absolute Gasteiger partial charge is 0.180 e. The van der Waals surface area contributed by atoms with Crippen LogP contribution in [0.2, 0.25) is 0 Å². The third-order valence-corrected chi connectivity index (χ3v) is 7.91. The van der Waals surface area contributed by atoms with Gasteiger partial charge in [0.2, 0.25) is 0 Å². The van der Waals surface area contributed by atoms with E-state index in [1.54, 1.807) is 22.7 Å². The van der Waals surface area contributed by atoms with Crippen LogP contribution in [0.5, 0.6) is 23.0 Å². The molecule has 0 amide bonds. The molecule has 0 radical (unpaired) electrons. The van der Waals surface area contributed by atoms with Crippen molar-refractivity contribution in [2.45, 2.75) is 0 Å². The van der Waals surface area contributed by atoms with Gasteiger partial charge in [0.05, 0.1) is 32.5 Å². The van der Waals surface area contributed by atoms with Gasteiger partial charge in [-0.1, -0.05) is 6.07 Å². The maximum Gasteiger partial charge on any atom is 0.180 e. The highest BCUT2D eigenvalue weighted by atomic mass is 32.1. The van der Waals surface area contributed by atoms with Crippen LogP contribution in [0.25, 0.3) is 43.7 Å². The predicted octanol–water partition coefficient (Wildman–Crippen LogP) is 6.21. The van der Waals surface area contributed by atoms with Gasteiger partial charge in [-0.3, -0.25) is 9.97 Å². The lowest BCUT2D eigenvalue weighted by molar-refractivity contribution is 0.174. The van der Waals surface area contributed by atoms with E-state index in [1.165, 1.54) is 0 Å². The molecule has 0 spiro atoms. The lowest BCUT2D eigenvalue weighted by atomic mass is 10.1. The first-order valence-corrected chi connectivity index (χ1v) is 13.2. The van der Waals surface area contributed by atoms with Crippen LogP contribution in [-0.4, -0.2) is 41.4 Å². The molecule has 2 aliphatic rings. The quantitative estimate of drug-likeness (QED) is 0.283. The Bertz CT molecular complexity index is 1430. The van der Waals surface area contributed by atoms with Crippen molar-refractivity contribution < 1.29 is 18.9 Å². The Hall–Kier alpha value is -3.95. The highest BCUT2D eigenvalue weighted by molar-refractivity contribution is 7.14. The molecule has 0 fully saturated rings.